The van der Waals surface area contributed by atoms with Gasteiger partial charge in [0.1, 0.15) is 0 Å². The largest absolute Gasteiger partial charge is 0.323 e. The van der Waals surface area contributed by atoms with Crippen molar-refractivity contribution in [3.8, 4) is 0 Å². The molecule has 0 radical (unpaired) electrons. The third-order valence-corrected chi connectivity index (χ3v) is 2.78. The van der Waals surface area contributed by atoms with Gasteiger partial charge >= 0.3 is 6.03 Å². The number of aromatic nitrogens is 1. The normalized spacial score (nSPS) is 9.89. The number of carbonyl (C=O) groups is 1. The van der Waals surface area contributed by atoms with Crippen LogP contribution in [0.2, 0.25) is 5.02 Å². The van der Waals surface area contributed by atoms with Gasteiger partial charge in [-0.3, -0.25) is 4.98 Å². The van der Waals surface area contributed by atoms with Crippen molar-refractivity contribution in [1.82, 2.24) is 4.98 Å². The number of benzene rings is 1. The number of rotatable bonds is 2. The maximum absolute atomic E-state index is 11.7. The summed E-state index contributed by atoms with van der Waals surface area (Å²) in [5.41, 5.74) is 2.30. The number of anilines is 2. The summed E-state index contributed by atoms with van der Waals surface area (Å²) in [5, 5.41) is 6.02. The number of halogens is 1. The molecule has 1 aromatic heterocycles. The van der Waals surface area contributed by atoms with Crippen LogP contribution in [-0.2, 0) is 0 Å². The van der Waals surface area contributed by atoms with Crippen molar-refractivity contribution in [2.24, 2.45) is 0 Å². The molecule has 0 bridgehead atoms. The lowest BCUT2D eigenvalue weighted by Crippen LogP contribution is -2.19. The molecule has 92 valence electrons. The number of nitrogens with one attached hydrogen (secondary N) is 2. The second kappa shape index (κ2) is 5.51. The molecule has 2 N–H and O–H groups in total. The van der Waals surface area contributed by atoms with Crippen molar-refractivity contribution in [1.29, 1.82) is 0 Å². The first-order valence-corrected chi connectivity index (χ1v) is 5.77. The van der Waals surface area contributed by atoms with Crippen LogP contribution in [0, 0.1) is 6.92 Å². The maximum atomic E-state index is 11.7. The molecular weight excluding hydrogens is 250 g/mol. The third-order valence-electron chi connectivity index (χ3n) is 2.37. The van der Waals surface area contributed by atoms with E-state index in [9.17, 15) is 4.79 Å². The first-order valence-electron chi connectivity index (χ1n) is 5.39. The average molecular weight is 262 g/mol. The summed E-state index contributed by atoms with van der Waals surface area (Å²) in [6.07, 6.45) is 3.22. The minimum atomic E-state index is -0.318. The molecule has 5 heteroatoms. The van der Waals surface area contributed by atoms with Crippen molar-refractivity contribution in [2.75, 3.05) is 10.6 Å². The van der Waals surface area contributed by atoms with Gasteiger partial charge < -0.3 is 10.6 Å². The van der Waals surface area contributed by atoms with E-state index in [1.807, 2.05) is 13.0 Å². The van der Waals surface area contributed by atoms with Crippen LogP contribution in [0.25, 0.3) is 0 Å². The molecule has 0 spiro atoms. The molecule has 2 aromatic rings. The third kappa shape index (κ3) is 3.21. The van der Waals surface area contributed by atoms with Gasteiger partial charge in [0.2, 0.25) is 0 Å². The van der Waals surface area contributed by atoms with Crippen molar-refractivity contribution in [2.45, 2.75) is 6.92 Å². The van der Waals surface area contributed by atoms with Crippen LogP contribution in [0.1, 0.15) is 5.56 Å². The molecule has 0 saturated heterocycles. The van der Waals surface area contributed by atoms with Gasteiger partial charge in [0, 0.05) is 28.8 Å². The van der Waals surface area contributed by atoms with Crippen LogP contribution in [0.3, 0.4) is 0 Å². The average Bonchev–Trinajstić information content (AvgIpc) is 2.35. The van der Waals surface area contributed by atoms with Crippen molar-refractivity contribution in [3.05, 3.63) is 53.3 Å². The van der Waals surface area contributed by atoms with Crippen LogP contribution < -0.4 is 10.6 Å². The Morgan fingerprint density at radius 3 is 2.44 bits per heavy atom. The second-order valence-electron chi connectivity index (χ2n) is 3.78. The van der Waals surface area contributed by atoms with Crippen LogP contribution in [-0.4, -0.2) is 11.0 Å². The summed E-state index contributed by atoms with van der Waals surface area (Å²) in [6, 6.07) is 8.46. The predicted molar refractivity (Wildman–Crippen MR) is 73.1 cm³/mol. The Kier molecular flexibility index (Phi) is 3.79. The number of carbonyl (C=O) groups excluding carboxylic acids is 1. The summed E-state index contributed by atoms with van der Waals surface area (Å²) >= 11 is 5.98. The van der Waals surface area contributed by atoms with Gasteiger partial charge in [-0.25, -0.2) is 4.79 Å². The summed E-state index contributed by atoms with van der Waals surface area (Å²) in [5.74, 6) is 0. The first-order chi connectivity index (χ1) is 8.65. The molecule has 2 rings (SSSR count). The molecule has 0 fully saturated rings. The van der Waals surface area contributed by atoms with E-state index in [1.165, 1.54) is 0 Å². The zero-order valence-electron chi connectivity index (χ0n) is 9.77. The smallest absolute Gasteiger partial charge is 0.308 e. The Morgan fingerprint density at radius 1 is 1.11 bits per heavy atom. The van der Waals surface area contributed by atoms with Crippen molar-refractivity contribution in [3.63, 3.8) is 0 Å². The summed E-state index contributed by atoms with van der Waals surface area (Å²) in [7, 11) is 0. The first kappa shape index (κ1) is 12.4. The predicted octanol–water partition coefficient (Wildman–Crippen LogP) is 3.69. The Labute approximate surface area is 110 Å². The van der Waals surface area contributed by atoms with E-state index >= 15 is 0 Å². The topological polar surface area (TPSA) is 54.0 Å². The van der Waals surface area contributed by atoms with E-state index in [-0.39, 0.29) is 6.03 Å². The second-order valence-corrected chi connectivity index (χ2v) is 4.19. The highest BCUT2D eigenvalue weighted by atomic mass is 35.5. The van der Waals surface area contributed by atoms with Gasteiger partial charge in [0.15, 0.2) is 0 Å². The lowest BCUT2D eigenvalue weighted by Gasteiger charge is -2.08. The molecule has 0 unspecified atom stereocenters. The van der Waals surface area contributed by atoms with Gasteiger partial charge in [-0.2, -0.15) is 0 Å². The summed E-state index contributed by atoms with van der Waals surface area (Å²) in [6.45, 7) is 1.91. The number of aryl methyl sites for hydroxylation is 1. The fourth-order valence-electron chi connectivity index (χ4n) is 1.40. The van der Waals surface area contributed by atoms with Gasteiger partial charge in [0.05, 0.1) is 0 Å². The molecule has 0 atom stereocenters. The quantitative estimate of drug-likeness (QED) is 0.866. The Morgan fingerprint density at radius 2 is 1.78 bits per heavy atom. The zero-order valence-corrected chi connectivity index (χ0v) is 10.5. The Hall–Kier alpha value is -2.07. The Bertz CT molecular complexity index is 557. The number of urea groups is 1. The van der Waals surface area contributed by atoms with Gasteiger partial charge in [-0.15, -0.1) is 0 Å². The minimum absolute atomic E-state index is 0.318. The zero-order chi connectivity index (χ0) is 13.0. The highest BCUT2D eigenvalue weighted by Gasteiger charge is 2.03. The molecule has 0 saturated carbocycles. The summed E-state index contributed by atoms with van der Waals surface area (Å²) in [4.78, 5) is 15.6. The number of hydrogen-bond acceptors (Lipinski definition) is 2. The number of pyridine rings is 1. The standard InChI is InChI=1S/C13H12ClN3O/c1-9-2-3-11(8-12(9)14)17-13(18)16-10-4-6-15-7-5-10/h2-8H,1H3,(H2,15,16,17,18). The monoisotopic (exact) mass is 261 g/mol. The van der Waals surface area contributed by atoms with E-state index in [4.69, 9.17) is 11.6 Å². The molecule has 1 aromatic carbocycles. The minimum Gasteiger partial charge on any atom is -0.308 e. The van der Waals surface area contributed by atoms with Crippen LogP contribution in [0.4, 0.5) is 16.2 Å². The Balaban J connectivity index is 2.01. The van der Waals surface area contributed by atoms with Crippen LogP contribution in [0.15, 0.2) is 42.7 Å². The highest BCUT2D eigenvalue weighted by molar-refractivity contribution is 6.31. The molecule has 4 nitrogen and oxygen atoms in total. The molecule has 18 heavy (non-hydrogen) atoms. The van der Waals surface area contributed by atoms with Gasteiger partial charge in [-0.05, 0) is 36.8 Å². The molecular formula is C13H12ClN3O. The lowest BCUT2D eigenvalue weighted by molar-refractivity contribution is 0.262. The van der Waals surface area contributed by atoms with Crippen LogP contribution in [0.5, 0.6) is 0 Å². The number of nitrogens with zero attached hydrogens (tertiary/aromatic N) is 1. The number of hydrogen-bond donors (Lipinski definition) is 2. The molecule has 0 aliphatic rings. The molecule has 0 aliphatic heterocycles. The lowest BCUT2D eigenvalue weighted by atomic mass is 10.2. The molecule has 0 aliphatic carbocycles. The van der Waals surface area contributed by atoms with E-state index in [2.05, 4.69) is 15.6 Å². The van der Waals surface area contributed by atoms with E-state index in [1.54, 1.807) is 36.7 Å². The fraction of sp³-hybridized carbons (Fsp3) is 0.0769. The molecule has 1 heterocycles. The maximum Gasteiger partial charge on any atom is 0.323 e. The highest BCUT2D eigenvalue weighted by Crippen LogP contribution is 2.20. The molecule has 2 amide bonds. The van der Waals surface area contributed by atoms with E-state index in [0.29, 0.717) is 16.4 Å². The van der Waals surface area contributed by atoms with E-state index < -0.39 is 0 Å². The summed E-state index contributed by atoms with van der Waals surface area (Å²) < 4.78 is 0. The van der Waals surface area contributed by atoms with Crippen molar-refractivity contribution >= 4 is 29.0 Å². The van der Waals surface area contributed by atoms with Gasteiger partial charge in [0.25, 0.3) is 0 Å². The van der Waals surface area contributed by atoms with Gasteiger partial charge in [-0.1, -0.05) is 17.7 Å². The SMILES string of the molecule is Cc1ccc(NC(=O)Nc2ccncc2)cc1Cl. The van der Waals surface area contributed by atoms with Crippen molar-refractivity contribution < 1.29 is 4.79 Å². The number of amides is 2. The fourth-order valence-corrected chi connectivity index (χ4v) is 1.58. The van der Waals surface area contributed by atoms with E-state index in [0.717, 1.165) is 5.56 Å². The van der Waals surface area contributed by atoms with Crippen LogP contribution >= 0.6 is 11.6 Å².